The van der Waals surface area contributed by atoms with Crippen molar-refractivity contribution in [3.63, 3.8) is 0 Å². The van der Waals surface area contributed by atoms with Gasteiger partial charge in [0.15, 0.2) is 0 Å². The third kappa shape index (κ3) is 4.70. The van der Waals surface area contributed by atoms with Crippen LogP contribution in [-0.4, -0.2) is 48.9 Å². The molecule has 0 bridgehead atoms. The third-order valence-electron chi connectivity index (χ3n) is 4.73. The number of benzene rings is 1. The normalized spacial score (nSPS) is 16.5. The highest BCUT2D eigenvalue weighted by molar-refractivity contribution is 5.55. The third-order valence-corrected chi connectivity index (χ3v) is 4.73. The number of rotatable bonds is 5. The first-order valence-electron chi connectivity index (χ1n) is 8.86. The van der Waals surface area contributed by atoms with E-state index in [4.69, 9.17) is 5.73 Å². The van der Waals surface area contributed by atoms with Gasteiger partial charge in [0.1, 0.15) is 5.82 Å². The molecule has 1 aliphatic heterocycles. The van der Waals surface area contributed by atoms with Gasteiger partial charge in [0.2, 0.25) is 0 Å². The Kier molecular flexibility index (Phi) is 5.86. The summed E-state index contributed by atoms with van der Waals surface area (Å²) in [4.78, 5) is 8.20. The van der Waals surface area contributed by atoms with Crippen LogP contribution >= 0.6 is 0 Å². The molecule has 3 N–H and O–H groups in total. The number of halogens is 3. The van der Waals surface area contributed by atoms with Gasteiger partial charge in [-0.15, -0.1) is 0 Å². The van der Waals surface area contributed by atoms with Crippen LogP contribution in [-0.2, 0) is 12.6 Å². The topological polar surface area (TPSA) is 65.6 Å². The van der Waals surface area contributed by atoms with Crippen molar-refractivity contribution in [1.29, 1.82) is 0 Å². The molecule has 146 valence electrons. The molecule has 2 heterocycles. The Balaban J connectivity index is 1.66. The van der Waals surface area contributed by atoms with Crippen molar-refractivity contribution in [2.45, 2.75) is 18.6 Å². The highest BCUT2D eigenvalue weighted by atomic mass is 19.4. The molecule has 1 aromatic heterocycles. The van der Waals surface area contributed by atoms with Gasteiger partial charge in [-0.25, -0.2) is 4.98 Å². The minimum absolute atomic E-state index is 0.0678. The first-order valence-corrected chi connectivity index (χ1v) is 8.86. The summed E-state index contributed by atoms with van der Waals surface area (Å²) in [6.45, 7) is 2.72. The molecule has 0 aliphatic carbocycles. The van der Waals surface area contributed by atoms with E-state index in [1.165, 1.54) is 6.07 Å². The summed E-state index contributed by atoms with van der Waals surface area (Å²) in [5, 5.41) is 9.21. The minimum Gasteiger partial charge on any atom is -0.395 e. The maximum Gasteiger partial charge on any atom is 0.417 e. The van der Waals surface area contributed by atoms with Crippen molar-refractivity contribution in [3.05, 3.63) is 53.7 Å². The molecule has 1 saturated heterocycles. The number of anilines is 2. The van der Waals surface area contributed by atoms with E-state index in [2.05, 4.69) is 9.88 Å². The standard InChI is InChI=1S/C19H23F3N4O/c20-19(21,22)15-5-6-18(24-12-15)26-9-7-25(8-10-26)17-4-2-1-3-14(17)11-16(23)13-27/h1-6,12,16,27H,7-11,13,23H2. The SMILES string of the molecule is NC(CO)Cc1ccccc1N1CCN(c2ccc(C(F)(F)F)cn2)CC1. The van der Waals surface area contributed by atoms with E-state index >= 15 is 0 Å². The number of pyridine rings is 1. The van der Waals surface area contributed by atoms with Crippen LogP contribution in [0.1, 0.15) is 11.1 Å². The number of alkyl halides is 3. The molecule has 1 aliphatic rings. The second-order valence-electron chi connectivity index (χ2n) is 6.65. The highest BCUT2D eigenvalue weighted by Crippen LogP contribution is 2.30. The summed E-state index contributed by atoms with van der Waals surface area (Å²) >= 11 is 0. The van der Waals surface area contributed by atoms with Crippen molar-refractivity contribution < 1.29 is 18.3 Å². The summed E-state index contributed by atoms with van der Waals surface area (Å²) in [7, 11) is 0. The number of piperazine rings is 1. The van der Waals surface area contributed by atoms with E-state index in [1.807, 2.05) is 29.2 Å². The van der Waals surface area contributed by atoms with Crippen LogP contribution in [0.3, 0.4) is 0 Å². The number of aromatic nitrogens is 1. The first kappa shape index (κ1) is 19.4. The lowest BCUT2D eigenvalue weighted by Gasteiger charge is -2.37. The Hall–Kier alpha value is -2.32. The molecule has 5 nitrogen and oxygen atoms in total. The van der Waals surface area contributed by atoms with E-state index in [0.29, 0.717) is 25.3 Å². The van der Waals surface area contributed by atoms with Gasteiger partial charge in [-0.1, -0.05) is 18.2 Å². The van der Waals surface area contributed by atoms with Crippen molar-refractivity contribution >= 4 is 11.5 Å². The van der Waals surface area contributed by atoms with Crippen LogP contribution in [0.2, 0.25) is 0 Å². The van der Waals surface area contributed by atoms with Gasteiger partial charge >= 0.3 is 6.18 Å². The average Bonchev–Trinajstić information content (AvgIpc) is 2.68. The molecule has 0 amide bonds. The summed E-state index contributed by atoms with van der Waals surface area (Å²) < 4.78 is 38.0. The number of hydrogen-bond donors (Lipinski definition) is 2. The van der Waals surface area contributed by atoms with Crippen molar-refractivity contribution in [1.82, 2.24) is 4.98 Å². The lowest BCUT2D eigenvalue weighted by Crippen LogP contribution is -2.47. The van der Waals surface area contributed by atoms with Gasteiger partial charge in [0, 0.05) is 44.1 Å². The molecule has 2 aromatic rings. The Morgan fingerprint density at radius 1 is 1.04 bits per heavy atom. The predicted octanol–water partition coefficient (Wildman–Crippen LogP) is 2.29. The summed E-state index contributed by atoms with van der Waals surface area (Å²) in [6.07, 6.45) is -2.90. The smallest absolute Gasteiger partial charge is 0.395 e. The molecular formula is C19H23F3N4O. The number of nitrogens with zero attached hydrogens (tertiary/aromatic N) is 3. The van der Waals surface area contributed by atoms with Crippen molar-refractivity contribution in [3.8, 4) is 0 Å². The molecule has 0 saturated carbocycles. The van der Waals surface area contributed by atoms with Gasteiger partial charge in [0.05, 0.1) is 12.2 Å². The second kappa shape index (κ2) is 8.14. The molecule has 27 heavy (non-hydrogen) atoms. The zero-order chi connectivity index (χ0) is 19.4. The number of aliphatic hydroxyl groups excluding tert-OH is 1. The van der Waals surface area contributed by atoms with Crippen LogP contribution < -0.4 is 15.5 Å². The molecule has 1 fully saturated rings. The zero-order valence-corrected chi connectivity index (χ0v) is 14.9. The molecule has 1 unspecified atom stereocenters. The summed E-state index contributed by atoms with van der Waals surface area (Å²) in [5.41, 5.74) is 7.31. The zero-order valence-electron chi connectivity index (χ0n) is 14.9. The largest absolute Gasteiger partial charge is 0.417 e. The quantitative estimate of drug-likeness (QED) is 0.833. The molecule has 0 radical (unpaired) electrons. The Morgan fingerprint density at radius 2 is 1.70 bits per heavy atom. The molecule has 8 heteroatoms. The van der Waals surface area contributed by atoms with E-state index in [1.54, 1.807) is 0 Å². The molecule has 1 atom stereocenters. The minimum atomic E-state index is -4.37. The van der Waals surface area contributed by atoms with Gasteiger partial charge in [-0.3, -0.25) is 0 Å². The molecule has 0 spiro atoms. The molecular weight excluding hydrogens is 357 g/mol. The molecule has 3 rings (SSSR count). The van der Waals surface area contributed by atoms with E-state index < -0.39 is 11.7 Å². The number of nitrogens with two attached hydrogens (primary N) is 1. The predicted molar refractivity (Wildman–Crippen MR) is 98.9 cm³/mol. The fourth-order valence-electron chi connectivity index (χ4n) is 3.26. The Morgan fingerprint density at radius 3 is 2.30 bits per heavy atom. The highest BCUT2D eigenvalue weighted by Gasteiger charge is 2.31. The number of aliphatic hydroxyl groups is 1. The van der Waals surface area contributed by atoms with Crippen LogP contribution in [0.15, 0.2) is 42.6 Å². The van der Waals surface area contributed by atoms with E-state index in [0.717, 1.165) is 36.6 Å². The fourth-order valence-corrected chi connectivity index (χ4v) is 3.26. The first-order chi connectivity index (χ1) is 12.9. The molecule has 1 aromatic carbocycles. The average molecular weight is 380 g/mol. The van der Waals surface area contributed by atoms with Gasteiger partial charge in [0.25, 0.3) is 0 Å². The van der Waals surface area contributed by atoms with Gasteiger partial charge in [-0.05, 0) is 30.2 Å². The maximum absolute atomic E-state index is 12.7. The van der Waals surface area contributed by atoms with E-state index in [-0.39, 0.29) is 12.6 Å². The Labute approximate surface area is 156 Å². The number of para-hydroxylation sites is 1. The van der Waals surface area contributed by atoms with Crippen LogP contribution in [0.5, 0.6) is 0 Å². The van der Waals surface area contributed by atoms with Crippen LogP contribution in [0, 0.1) is 0 Å². The van der Waals surface area contributed by atoms with Gasteiger partial charge in [-0.2, -0.15) is 13.2 Å². The number of hydrogen-bond acceptors (Lipinski definition) is 5. The summed E-state index contributed by atoms with van der Waals surface area (Å²) in [6, 6.07) is 10.1. The summed E-state index contributed by atoms with van der Waals surface area (Å²) in [5.74, 6) is 0.554. The fraction of sp³-hybridized carbons (Fsp3) is 0.421. The van der Waals surface area contributed by atoms with Crippen LogP contribution in [0.25, 0.3) is 0 Å². The Bertz CT molecular complexity index is 743. The lowest BCUT2D eigenvalue weighted by molar-refractivity contribution is -0.137. The second-order valence-corrected chi connectivity index (χ2v) is 6.65. The maximum atomic E-state index is 12.7. The van der Waals surface area contributed by atoms with Crippen LogP contribution in [0.4, 0.5) is 24.7 Å². The lowest BCUT2D eigenvalue weighted by atomic mass is 10.0. The monoisotopic (exact) mass is 380 g/mol. The van der Waals surface area contributed by atoms with Crippen molar-refractivity contribution in [2.75, 3.05) is 42.6 Å². The van der Waals surface area contributed by atoms with Gasteiger partial charge < -0.3 is 20.6 Å². The van der Waals surface area contributed by atoms with E-state index in [9.17, 15) is 18.3 Å². The van der Waals surface area contributed by atoms with Crippen molar-refractivity contribution in [2.24, 2.45) is 5.73 Å².